The van der Waals surface area contributed by atoms with Gasteiger partial charge in [-0.25, -0.2) is 4.79 Å². The number of para-hydroxylation sites is 1. The molecule has 0 aromatic heterocycles. The van der Waals surface area contributed by atoms with Crippen LogP contribution in [-0.2, 0) is 25.7 Å². The number of hydrogen-bond donors (Lipinski definition) is 3. The maximum atomic E-state index is 13.7. The van der Waals surface area contributed by atoms with Crippen molar-refractivity contribution in [2.75, 3.05) is 11.9 Å². The largest absolute Gasteiger partial charge is 0.445 e. The number of alkyl carbamates (subject to hydrolysis) is 1. The number of nitrogens with one attached hydrogen (secondary N) is 3. The number of anilines is 1. The third-order valence-electron chi connectivity index (χ3n) is 7.10. The van der Waals surface area contributed by atoms with Gasteiger partial charge >= 0.3 is 6.09 Å². The normalized spacial score (nSPS) is 15.0. The summed E-state index contributed by atoms with van der Waals surface area (Å²) in [5.41, 5.74) is -2.26. The van der Waals surface area contributed by atoms with Gasteiger partial charge in [0.25, 0.3) is 5.91 Å². The summed E-state index contributed by atoms with van der Waals surface area (Å²) in [5.74, 6) is -1.22. The van der Waals surface area contributed by atoms with Crippen LogP contribution in [0.4, 0.5) is 10.5 Å². The van der Waals surface area contributed by atoms with E-state index >= 15 is 0 Å². The molecule has 210 valence electrons. The summed E-state index contributed by atoms with van der Waals surface area (Å²) in [6, 6.07) is 18.4. The lowest BCUT2D eigenvalue weighted by molar-refractivity contribution is -0.140. The molecule has 0 radical (unpaired) electrons. The van der Waals surface area contributed by atoms with Crippen molar-refractivity contribution in [1.29, 1.82) is 0 Å². The monoisotopic (exact) mass is 536 g/mol. The number of rotatable bonds is 9. The van der Waals surface area contributed by atoms with Gasteiger partial charge < -0.3 is 25.6 Å². The summed E-state index contributed by atoms with van der Waals surface area (Å²) >= 11 is 0. The molecule has 39 heavy (non-hydrogen) atoms. The summed E-state index contributed by atoms with van der Waals surface area (Å²) in [7, 11) is 1.66. The van der Waals surface area contributed by atoms with E-state index in [1.165, 1.54) is 4.90 Å². The van der Waals surface area contributed by atoms with E-state index in [9.17, 15) is 19.2 Å². The maximum absolute atomic E-state index is 13.7. The minimum atomic E-state index is -1.35. The second-order valence-electron chi connectivity index (χ2n) is 11.2. The van der Waals surface area contributed by atoms with E-state index in [1.807, 2.05) is 60.7 Å². The fourth-order valence-electron chi connectivity index (χ4n) is 4.65. The van der Waals surface area contributed by atoms with E-state index in [4.69, 9.17) is 4.74 Å². The predicted octanol–water partition coefficient (Wildman–Crippen LogP) is 4.07. The number of likely N-dealkylation sites (N-methyl/N-ethyl adjacent to an activating group) is 1. The Kier molecular flexibility index (Phi) is 9.37. The number of nitrogens with zero attached hydrogens (tertiary/aromatic N) is 1. The number of ether oxygens (including phenoxy) is 1. The Morgan fingerprint density at radius 3 is 1.97 bits per heavy atom. The first-order chi connectivity index (χ1) is 18.4. The Bertz CT molecular complexity index is 1160. The first-order valence-electron chi connectivity index (χ1n) is 13.3. The molecule has 0 spiro atoms. The molecule has 9 heteroatoms. The van der Waals surface area contributed by atoms with Crippen molar-refractivity contribution in [2.45, 2.75) is 83.0 Å². The van der Waals surface area contributed by atoms with Crippen LogP contribution in [0.25, 0.3) is 0 Å². The van der Waals surface area contributed by atoms with Crippen LogP contribution in [-0.4, -0.2) is 47.5 Å². The first-order valence-corrected chi connectivity index (χ1v) is 13.3. The fourth-order valence-corrected chi connectivity index (χ4v) is 4.65. The summed E-state index contributed by atoms with van der Waals surface area (Å²) in [6.45, 7) is 6.49. The lowest BCUT2D eigenvalue weighted by atomic mass is 9.79. The Hall–Kier alpha value is -3.88. The van der Waals surface area contributed by atoms with E-state index in [-0.39, 0.29) is 12.5 Å². The van der Waals surface area contributed by atoms with Gasteiger partial charge in [0.1, 0.15) is 23.2 Å². The number of benzene rings is 2. The molecule has 0 heterocycles. The van der Waals surface area contributed by atoms with Crippen LogP contribution in [0.5, 0.6) is 0 Å². The Morgan fingerprint density at radius 2 is 1.38 bits per heavy atom. The zero-order chi connectivity index (χ0) is 28.7. The fraction of sp³-hybridized carbons (Fsp3) is 0.467. The molecule has 1 aliphatic rings. The molecule has 9 nitrogen and oxygen atoms in total. The number of carbonyl (C=O) groups excluding carboxylic acids is 4. The lowest BCUT2D eigenvalue weighted by Crippen LogP contribution is -2.68. The lowest BCUT2D eigenvalue weighted by Gasteiger charge is -2.41. The molecule has 0 aliphatic heterocycles. The van der Waals surface area contributed by atoms with Crippen LogP contribution in [0.2, 0.25) is 0 Å². The van der Waals surface area contributed by atoms with Gasteiger partial charge in [0.15, 0.2) is 0 Å². The van der Waals surface area contributed by atoms with Gasteiger partial charge in [0, 0.05) is 12.7 Å². The van der Waals surface area contributed by atoms with E-state index < -0.39 is 34.5 Å². The Morgan fingerprint density at radius 1 is 0.821 bits per heavy atom. The smallest absolute Gasteiger partial charge is 0.408 e. The molecule has 0 bridgehead atoms. The quantitative estimate of drug-likeness (QED) is 0.447. The van der Waals surface area contributed by atoms with Crippen LogP contribution >= 0.6 is 0 Å². The molecule has 3 rings (SSSR count). The average molecular weight is 537 g/mol. The van der Waals surface area contributed by atoms with Crippen molar-refractivity contribution >= 4 is 29.5 Å². The molecule has 3 N–H and O–H groups in total. The van der Waals surface area contributed by atoms with E-state index in [0.29, 0.717) is 18.5 Å². The minimum Gasteiger partial charge on any atom is -0.445 e. The second-order valence-corrected chi connectivity index (χ2v) is 11.2. The van der Waals surface area contributed by atoms with Gasteiger partial charge in [-0.2, -0.15) is 0 Å². The summed E-state index contributed by atoms with van der Waals surface area (Å²) in [6.07, 6.45) is 2.56. The number of amides is 4. The van der Waals surface area contributed by atoms with Crippen molar-refractivity contribution in [2.24, 2.45) is 0 Å². The standard InChI is InChI=1S/C30H40N4O5/c1-28(2,33-27(38)39-21-22-15-9-6-10-16-22)24(35)32-30(19-13-8-14-20-30)25(36)31-29(3,4)26(37)34(5)23-17-11-7-12-18-23/h6-7,9-12,15-18H,8,13-14,19-21H2,1-5H3,(H,31,36)(H,32,35)(H,33,38). The van der Waals surface area contributed by atoms with Crippen LogP contribution < -0.4 is 20.9 Å². The second kappa shape index (κ2) is 12.3. The Labute approximate surface area is 230 Å². The molecule has 0 atom stereocenters. The summed E-state index contributed by atoms with van der Waals surface area (Å²) in [5, 5.41) is 8.43. The highest BCUT2D eigenvalue weighted by Crippen LogP contribution is 2.30. The van der Waals surface area contributed by atoms with E-state index in [0.717, 1.165) is 24.8 Å². The van der Waals surface area contributed by atoms with E-state index in [2.05, 4.69) is 16.0 Å². The number of carbonyl (C=O) groups is 4. The van der Waals surface area contributed by atoms with Gasteiger partial charge in [0.05, 0.1) is 0 Å². The van der Waals surface area contributed by atoms with Crippen molar-refractivity contribution in [1.82, 2.24) is 16.0 Å². The predicted molar refractivity (Wildman–Crippen MR) is 150 cm³/mol. The van der Waals surface area contributed by atoms with Crippen molar-refractivity contribution < 1.29 is 23.9 Å². The van der Waals surface area contributed by atoms with Crippen LogP contribution in [0, 0.1) is 0 Å². The summed E-state index contributed by atoms with van der Waals surface area (Å²) < 4.78 is 5.28. The molecule has 1 saturated carbocycles. The topological polar surface area (TPSA) is 117 Å². The zero-order valence-corrected chi connectivity index (χ0v) is 23.5. The third kappa shape index (κ3) is 7.59. The van der Waals surface area contributed by atoms with Gasteiger partial charge in [-0.1, -0.05) is 67.8 Å². The maximum Gasteiger partial charge on any atom is 0.408 e. The first kappa shape index (κ1) is 29.7. The molecule has 1 aliphatic carbocycles. The minimum absolute atomic E-state index is 0.0667. The van der Waals surface area contributed by atoms with Crippen LogP contribution in [0.3, 0.4) is 0 Å². The van der Waals surface area contributed by atoms with Gasteiger partial charge in [-0.15, -0.1) is 0 Å². The highest BCUT2D eigenvalue weighted by atomic mass is 16.5. The van der Waals surface area contributed by atoms with Gasteiger partial charge in [-0.3, -0.25) is 14.4 Å². The van der Waals surface area contributed by atoms with Gasteiger partial charge in [0.2, 0.25) is 11.8 Å². The highest BCUT2D eigenvalue weighted by Gasteiger charge is 2.46. The van der Waals surface area contributed by atoms with Crippen LogP contribution in [0.15, 0.2) is 60.7 Å². The van der Waals surface area contributed by atoms with Crippen LogP contribution in [0.1, 0.15) is 65.4 Å². The van der Waals surface area contributed by atoms with Crippen molar-refractivity contribution in [3.63, 3.8) is 0 Å². The molecule has 2 aromatic carbocycles. The number of hydrogen-bond acceptors (Lipinski definition) is 5. The molecule has 0 saturated heterocycles. The van der Waals surface area contributed by atoms with Crippen molar-refractivity contribution in [3.05, 3.63) is 66.2 Å². The highest BCUT2D eigenvalue weighted by molar-refractivity contribution is 6.03. The average Bonchev–Trinajstić information content (AvgIpc) is 2.92. The molecular weight excluding hydrogens is 496 g/mol. The molecule has 0 unspecified atom stereocenters. The van der Waals surface area contributed by atoms with E-state index in [1.54, 1.807) is 34.7 Å². The molecule has 1 fully saturated rings. The zero-order valence-electron chi connectivity index (χ0n) is 23.5. The summed E-state index contributed by atoms with van der Waals surface area (Å²) in [4.78, 5) is 54.4. The van der Waals surface area contributed by atoms with Gasteiger partial charge in [-0.05, 0) is 58.2 Å². The molecule has 4 amide bonds. The third-order valence-corrected chi connectivity index (χ3v) is 7.10. The Balaban J connectivity index is 1.68. The SMILES string of the molecule is CN(C(=O)C(C)(C)NC(=O)C1(NC(=O)C(C)(C)NC(=O)OCc2ccccc2)CCCCC1)c1ccccc1. The molecule has 2 aromatic rings. The molecular formula is C30H40N4O5. The van der Waals surface area contributed by atoms with Crippen molar-refractivity contribution in [3.8, 4) is 0 Å².